The second kappa shape index (κ2) is 8.98. The van der Waals surface area contributed by atoms with Crippen LogP contribution in [0.5, 0.6) is 5.75 Å². The van der Waals surface area contributed by atoms with Gasteiger partial charge in [-0.1, -0.05) is 11.6 Å². The third-order valence-corrected chi connectivity index (χ3v) is 6.23. The minimum absolute atomic E-state index is 0.0316. The van der Waals surface area contributed by atoms with Gasteiger partial charge in [0, 0.05) is 50.8 Å². The lowest BCUT2D eigenvalue weighted by atomic mass is 10.1. The lowest BCUT2D eigenvalue weighted by Gasteiger charge is -2.24. The molecule has 34 heavy (non-hydrogen) atoms. The number of anilines is 1. The van der Waals surface area contributed by atoms with Crippen molar-refractivity contribution in [3.63, 3.8) is 0 Å². The molecule has 0 saturated carbocycles. The van der Waals surface area contributed by atoms with Gasteiger partial charge in [-0.25, -0.2) is 14.4 Å². The molecule has 0 atom stereocenters. The topological polar surface area (TPSA) is 87.5 Å². The smallest absolute Gasteiger partial charge is 0.224 e. The number of oxazole rings is 1. The van der Waals surface area contributed by atoms with E-state index in [1.165, 1.54) is 12.1 Å². The molecule has 1 amide bonds. The molecule has 1 fully saturated rings. The first kappa shape index (κ1) is 22.2. The molecule has 3 heterocycles. The van der Waals surface area contributed by atoms with Gasteiger partial charge in [0.25, 0.3) is 0 Å². The maximum Gasteiger partial charge on any atom is 0.224 e. The standard InChI is InChI=1S/C24H23ClFN5O3/c1-14-27-12-22(34-14)16-4-3-15(9-21(16)33-2)30-6-5-24(32)31(8-7-30)13-23-28-19-10-17(25)18(26)11-20(19)29-23/h3-4,9-12H,5-8,13H2,1-2H3,(H,28,29). The molecular formula is C24H23ClFN5O3. The van der Waals surface area contributed by atoms with Crippen LogP contribution in [-0.4, -0.2) is 52.5 Å². The molecule has 1 saturated heterocycles. The fraction of sp³-hybridized carbons (Fsp3) is 0.292. The van der Waals surface area contributed by atoms with Gasteiger partial charge in [-0.3, -0.25) is 4.79 Å². The summed E-state index contributed by atoms with van der Waals surface area (Å²) in [7, 11) is 1.62. The number of rotatable bonds is 5. The molecule has 2 aromatic heterocycles. The molecule has 10 heteroatoms. The Hall–Kier alpha value is -3.59. The Labute approximate surface area is 200 Å². The first-order valence-corrected chi connectivity index (χ1v) is 11.3. The molecule has 1 aliphatic heterocycles. The van der Waals surface area contributed by atoms with Crippen LogP contribution in [0.2, 0.25) is 5.02 Å². The second-order valence-corrected chi connectivity index (χ2v) is 8.55. The Morgan fingerprint density at radius 3 is 2.85 bits per heavy atom. The van der Waals surface area contributed by atoms with Gasteiger partial charge in [0.15, 0.2) is 11.7 Å². The van der Waals surface area contributed by atoms with Gasteiger partial charge < -0.3 is 23.9 Å². The van der Waals surface area contributed by atoms with Crippen molar-refractivity contribution in [3.8, 4) is 17.1 Å². The lowest BCUT2D eigenvalue weighted by molar-refractivity contribution is -0.131. The number of imidazole rings is 1. The largest absolute Gasteiger partial charge is 0.496 e. The zero-order valence-electron chi connectivity index (χ0n) is 18.8. The average Bonchev–Trinajstić information content (AvgIpc) is 3.37. The number of fused-ring (bicyclic) bond motifs is 1. The van der Waals surface area contributed by atoms with Crippen molar-refractivity contribution in [1.29, 1.82) is 0 Å². The van der Waals surface area contributed by atoms with Crippen LogP contribution in [0, 0.1) is 12.7 Å². The first-order chi connectivity index (χ1) is 16.4. The van der Waals surface area contributed by atoms with Gasteiger partial charge >= 0.3 is 0 Å². The van der Waals surface area contributed by atoms with E-state index in [9.17, 15) is 9.18 Å². The van der Waals surface area contributed by atoms with Gasteiger partial charge in [0.1, 0.15) is 17.4 Å². The number of methoxy groups -OCH3 is 1. The maximum atomic E-state index is 13.7. The van der Waals surface area contributed by atoms with Gasteiger partial charge in [-0.2, -0.15) is 0 Å². The molecule has 1 N–H and O–H groups in total. The number of nitrogens with zero attached hydrogens (tertiary/aromatic N) is 4. The van der Waals surface area contributed by atoms with Crippen LogP contribution in [0.25, 0.3) is 22.4 Å². The van der Waals surface area contributed by atoms with E-state index in [1.807, 2.05) is 18.2 Å². The highest BCUT2D eigenvalue weighted by atomic mass is 35.5. The summed E-state index contributed by atoms with van der Waals surface area (Å²) in [6.45, 7) is 3.86. The van der Waals surface area contributed by atoms with E-state index in [0.29, 0.717) is 66.9 Å². The molecule has 0 bridgehead atoms. The summed E-state index contributed by atoms with van der Waals surface area (Å²) >= 11 is 5.86. The van der Waals surface area contributed by atoms with E-state index in [2.05, 4.69) is 19.9 Å². The van der Waals surface area contributed by atoms with E-state index in [-0.39, 0.29) is 10.9 Å². The number of benzene rings is 2. The number of aromatic amines is 1. The minimum Gasteiger partial charge on any atom is -0.496 e. The zero-order valence-corrected chi connectivity index (χ0v) is 19.5. The number of H-pyrrole nitrogens is 1. The van der Waals surface area contributed by atoms with E-state index >= 15 is 0 Å². The first-order valence-electron chi connectivity index (χ1n) is 10.9. The number of ether oxygens (including phenoxy) is 1. The molecule has 0 spiro atoms. The van der Waals surface area contributed by atoms with Gasteiger partial charge in [0.2, 0.25) is 5.91 Å². The number of hydrogen-bond acceptors (Lipinski definition) is 6. The van der Waals surface area contributed by atoms with Crippen LogP contribution in [-0.2, 0) is 11.3 Å². The number of aromatic nitrogens is 3. The van der Waals surface area contributed by atoms with Crippen LogP contribution in [0.4, 0.5) is 10.1 Å². The van der Waals surface area contributed by atoms with Crippen molar-refractivity contribution in [3.05, 3.63) is 59.1 Å². The predicted molar refractivity (Wildman–Crippen MR) is 127 cm³/mol. The Morgan fingerprint density at radius 1 is 1.24 bits per heavy atom. The highest BCUT2D eigenvalue weighted by Crippen LogP contribution is 2.34. The van der Waals surface area contributed by atoms with E-state index < -0.39 is 5.82 Å². The summed E-state index contributed by atoms with van der Waals surface area (Å²) in [5, 5.41) is 0.0316. The van der Waals surface area contributed by atoms with Crippen LogP contribution in [0.1, 0.15) is 18.1 Å². The number of hydrogen-bond donors (Lipinski definition) is 1. The van der Waals surface area contributed by atoms with E-state index in [0.717, 1.165) is 11.3 Å². The summed E-state index contributed by atoms with van der Waals surface area (Å²) in [4.78, 5) is 28.4. The molecule has 5 rings (SSSR count). The molecule has 0 unspecified atom stereocenters. The van der Waals surface area contributed by atoms with Crippen molar-refractivity contribution >= 4 is 34.2 Å². The van der Waals surface area contributed by atoms with Crippen molar-refractivity contribution in [2.24, 2.45) is 0 Å². The van der Waals surface area contributed by atoms with Gasteiger partial charge in [-0.15, -0.1) is 0 Å². The minimum atomic E-state index is -0.520. The summed E-state index contributed by atoms with van der Waals surface area (Å²) in [6.07, 6.45) is 2.04. The lowest BCUT2D eigenvalue weighted by Crippen LogP contribution is -2.33. The van der Waals surface area contributed by atoms with Crippen molar-refractivity contribution in [1.82, 2.24) is 19.9 Å². The van der Waals surface area contributed by atoms with E-state index in [1.54, 1.807) is 25.1 Å². The van der Waals surface area contributed by atoms with E-state index in [4.69, 9.17) is 20.8 Å². The van der Waals surface area contributed by atoms with Crippen molar-refractivity contribution in [2.45, 2.75) is 19.9 Å². The molecule has 8 nitrogen and oxygen atoms in total. The number of carbonyl (C=O) groups is 1. The molecule has 4 aromatic rings. The number of halogens is 2. The Bertz CT molecular complexity index is 1330. The fourth-order valence-electron chi connectivity index (χ4n) is 4.17. The number of amides is 1. The summed E-state index contributed by atoms with van der Waals surface area (Å²) < 4.78 is 25.0. The molecule has 0 aliphatic carbocycles. The third-order valence-electron chi connectivity index (χ3n) is 5.94. The molecule has 176 valence electrons. The third kappa shape index (κ3) is 4.31. The number of nitrogens with one attached hydrogen (secondary N) is 1. The Balaban J connectivity index is 1.32. The highest BCUT2D eigenvalue weighted by molar-refractivity contribution is 6.31. The van der Waals surface area contributed by atoms with Crippen LogP contribution < -0.4 is 9.64 Å². The van der Waals surface area contributed by atoms with Crippen LogP contribution in [0.3, 0.4) is 0 Å². The number of carbonyl (C=O) groups excluding carboxylic acids is 1. The highest BCUT2D eigenvalue weighted by Gasteiger charge is 2.23. The van der Waals surface area contributed by atoms with Gasteiger partial charge in [0.05, 0.1) is 41.5 Å². The number of aryl methyl sites for hydroxylation is 1. The summed E-state index contributed by atoms with van der Waals surface area (Å²) in [6, 6.07) is 8.68. The van der Waals surface area contributed by atoms with Gasteiger partial charge in [-0.05, 0) is 18.2 Å². The fourth-order valence-corrected chi connectivity index (χ4v) is 4.34. The molecule has 0 radical (unpaired) electrons. The summed E-state index contributed by atoms with van der Waals surface area (Å²) in [5.41, 5.74) is 2.90. The summed E-state index contributed by atoms with van der Waals surface area (Å²) in [5.74, 6) is 2.01. The Morgan fingerprint density at radius 2 is 2.09 bits per heavy atom. The quantitative estimate of drug-likeness (QED) is 0.447. The van der Waals surface area contributed by atoms with Crippen molar-refractivity contribution < 1.29 is 18.3 Å². The molecule has 1 aliphatic rings. The monoisotopic (exact) mass is 483 g/mol. The van der Waals surface area contributed by atoms with Crippen molar-refractivity contribution in [2.75, 3.05) is 31.6 Å². The normalized spacial score (nSPS) is 14.6. The molecular weight excluding hydrogens is 461 g/mol. The zero-order chi connectivity index (χ0) is 23.8. The average molecular weight is 484 g/mol. The van der Waals surface area contributed by atoms with Crippen LogP contribution in [0.15, 0.2) is 40.9 Å². The second-order valence-electron chi connectivity index (χ2n) is 8.15. The predicted octanol–water partition coefficient (Wildman–Crippen LogP) is 4.57. The van der Waals surface area contributed by atoms with Crippen LogP contribution >= 0.6 is 11.6 Å². The molecule has 2 aromatic carbocycles. The Kier molecular flexibility index (Phi) is 5.87. The SMILES string of the molecule is COc1cc(N2CCC(=O)N(Cc3nc4cc(F)c(Cl)cc4[nH]3)CC2)ccc1-c1cnc(C)o1. The maximum absolute atomic E-state index is 13.7.